The molecule has 0 N–H and O–H groups in total. The zero-order chi connectivity index (χ0) is 21.8. The number of thioether (sulfide) groups is 2. The molecule has 1 atom stereocenters. The standard InChI is InChI=1S/C27H30O2S2/c1-4-29-25(28)21-11-8-19(9-12-21)6-7-20-10-13-22-23(26-30-16-5-17-31-26)14-15-27(2,3)24(22)18-20/h8-13,18,23,26H,4-5,14-17H2,1-3H3. The van der Waals surface area contributed by atoms with E-state index in [4.69, 9.17) is 4.74 Å². The molecule has 1 aliphatic heterocycles. The van der Waals surface area contributed by atoms with E-state index < -0.39 is 0 Å². The topological polar surface area (TPSA) is 26.3 Å². The van der Waals surface area contributed by atoms with Crippen LogP contribution in [0.2, 0.25) is 0 Å². The summed E-state index contributed by atoms with van der Waals surface area (Å²) < 4.78 is 5.74. The van der Waals surface area contributed by atoms with Crippen molar-refractivity contribution in [2.45, 2.75) is 55.9 Å². The second-order valence-electron chi connectivity index (χ2n) is 8.84. The van der Waals surface area contributed by atoms with Crippen molar-refractivity contribution < 1.29 is 9.53 Å². The van der Waals surface area contributed by atoms with E-state index in [0.717, 1.165) is 11.1 Å². The van der Waals surface area contributed by atoms with E-state index in [9.17, 15) is 4.79 Å². The molecule has 2 aromatic carbocycles. The third-order valence-corrected chi connectivity index (χ3v) is 9.37. The Hall–Kier alpha value is -1.83. The highest BCUT2D eigenvalue weighted by Crippen LogP contribution is 2.50. The van der Waals surface area contributed by atoms with Gasteiger partial charge in [0.15, 0.2) is 0 Å². The maximum Gasteiger partial charge on any atom is 0.338 e. The maximum atomic E-state index is 11.8. The van der Waals surface area contributed by atoms with Gasteiger partial charge in [0, 0.05) is 17.0 Å². The highest BCUT2D eigenvalue weighted by Gasteiger charge is 2.37. The Morgan fingerprint density at radius 3 is 2.45 bits per heavy atom. The van der Waals surface area contributed by atoms with Gasteiger partial charge in [-0.3, -0.25) is 0 Å². The van der Waals surface area contributed by atoms with E-state index in [-0.39, 0.29) is 11.4 Å². The number of esters is 1. The van der Waals surface area contributed by atoms with Crippen LogP contribution in [-0.2, 0) is 10.2 Å². The SMILES string of the molecule is CCOC(=O)c1ccc(C#Cc2ccc3c(c2)C(C)(C)CCC3C2SCCCS2)cc1. The van der Waals surface area contributed by atoms with Crippen molar-refractivity contribution in [1.82, 2.24) is 0 Å². The first kappa shape index (κ1) is 22.4. The number of carbonyl (C=O) groups excluding carboxylic acids is 1. The summed E-state index contributed by atoms with van der Waals surface area (Å²) in [5, 5.41) is 0. The Bertz CT molecular complexity index is 992. The summed E-state index contributed by atoms with van der Waals surface area (Å²) in [5.41, 5.74) is 5.72. The minimum Gasteiger partial charge on any atom is -0.462 e. The molecule has 0 bridgehead atoms. The molecule has 2 aromatic rings. The minimum absolute atomic E-state index is 0.189. The molecule has 0 radical (unpaired) electrons. The van der Waals surface area contributed by atoms with Gasteiger partial charge in [-0.1, -0.05) is 31.8 Å². The fourth-order valence-electron chi connectivity index (χ4n) is 4.42. The molecule has 0 aromatic heterocycles. The Labute approximate surface area is 194 Å². The molecule has 1 saturated heterocycles. The van der Waals surface area contributed by atoms with Crippen molar-refractivity contribution >= 4 is 29.5 Å². The fourth-order valence-corrected chi connectivity index (χ4v) is 7.68. The van der Waals surface area contributed by atoms with E-state index in [2.05, 4.69) is 67.4 Å². The van der Waals surface area contributed by atoms with Crippen LogP contribution >= 0.6 is 23.5 Å². The molecule has 2 aliphatic rings. The number of ether oxygens (including phenoxy) is 1. The van der Waals surface area contributed by atoms with E-state index in [1.165, 1.54) is 41.9 Å². The summed E-state index contributed by atoms with van der Waals surface area (Å²) in [7, 11) is 0. The lowest BCUT2D eigenvalue weighted by molar-refractivity contribution is 0.0526. The number of hydrogen-bond acceptors (Lipinski definition) is 4. The smallest absolute Gasteiger partial charge is 0.338 e. The Balaban J connectivity index is 1.57. The number of rotatable bonds is 3. The Morgan fingerprint density at radius 2 is 1.74 bits per heavy atom. The van der Waals surface area contributed by atoms with Crippen molar-refractivity contribution in [3.63, 3.8) is 0 Å². The van der Waals surface area contributed by atoms with Crippen molar-refractivity contribution in [2.75, 3.05) is 18.1 Å². The summed E-state index contributed by atoms with van der Waals surface area (Å²) in [6.07, 6.45) is 3.85. The van der Waals surface area contributed by atoms with Crippen LogP contribution in [0.25, 0.3) is 0 Å². The summed E-state index contributed by atoms with van der Waals surface area (Å²) in [6, 6.07) is 14.2. The summed E-state index contributed by atoms with van der Waals surface area (Å²) in [5.74, 6) is 9.55. The number of hydrogen-bond donors (Lipinski definition) is 0. The molecule has 1 fully saturated rings. The van der Waals surface area contributed by atoms with E-state index in [1.807, 2.05) is 19.1 Å². The van der Waals surface area contributed by atoms with Crippen molar-refractivity contribution in [3.05, 3.63) is 70.3 Å². The van der Waals surface area contributed by atoms with Gasteiger partial charge < -0.3 is 4.74 Å². The van der Waals surface area contributed by atoms with Gasteiger partial charge in [0.1, 0.15) is 0 Å². The second-order valence-corrected chi connectivity index (χ2v) is 11.6. The number of fused-ring (bicyclic) bond motifs is 1. The monoisotopic (exact) mass is 450 g/mol. The molecule has 31 heavy (non-hydrogen) atoms. The predicted molar refractivity (Wildman–Crippen MR) is 133 cm³/mol. The van der Waals surface area contributed by atoms with Crippen LogP contribution in [0.3, 0.4) is 0 Å². The van der Waals surface area contributed by atoms with Gasteiger partial charge in [0.05, 0.1) is 16.8 Å². The van der Waals surface area contributed by atoms with Crippen molar-refractivity contribution in [2.24, 2.45) is 0 Å². The number of benzene rings is 2. The third kappa shape index (κ3) is 5.16. The fraction of sp³-hybridized carbons (Fsp3) is 0.444. The molecule has 162 valence electrons. The van der Waals surface area contributed by atoms with Gasteiger partial charge >= 0.3 is 5.97 Å². The molecular formula is C27H30O2S2. The van der Waals surface area contributed by atoms with Gasteiger partial charge in [0.25, 0.3) is 0 Å². The lowest BCUT2D eigenvalue weighted by atomic mass is 9.69. The first-order valence-corrected chi connectivity index (χ1v) is 13.2. The van der Waals surface area contributed by atoms with Crippen LogP contribution in [0.5, 0.6) is 0 Å². The maximum absolute atomic E-state index is 11.8. The lowest BCUT2D eigenvalue weighted by Gasteiger charge is -2.41. The molecule has 0 amide bonds. The highest BCUT2D eigenvalue weighted by molar-refractivity contribution is 8.17. The molecule has 0 spiro atoms. The Morgan fingerprint density at radius 1 is 1.06 bits per heavy atom. The zero-order valence-electron chi connectivity index (χ0n) is 18.6. The lowest BCUT2D eigenvalue weighted by Crippen LogP contribution is -2.30. The largest absolute Gasteiger partial charge is 0.462 e. The first-order valence-electron chi connectivity index (χ1n) is 11.1. The summed E-state index contributed by atoms with van der Waals surface area (Å²) >= 11 is 4.31. The third-order valence-electron chi connectivity index (χ3n) is 6.19. The molecular weight excluding hydrogens is 420 g/mol. The van der Waals surface area contributed by atoms with Gasteiger partial charge in [-0.05, 0) is 90.6 Å². The zero-order valence-corrected chi connectivity index (χ0v) is 20.2. The average Bonchev–Trinajstić information content (AvgIpc) is 2.79. The summed E-state index contributed by atoms with van der Waals surface area (Å²) in [4.78, 5) is 11.8. The van der Waals surface area contributed by atoms with Gasteiger partial charge in [-0.2, -0.15) is 0 Å². The minimum atomic E-state index is -0.289. The first-order chi connectivity index (χ1) is 15.0. The molecule has 4 heteroatoms. The molecule has 1 unspecified atom stereocenters. The normalized spacial score (nSPS) is 20.3. The molecule has 2 nitrogen and oxygen atoms in total. The summed E-state index contributed by atoms with van der Waals surface area (Å²) in [6.45, 7) is 6.93. The highest BCUT2D eigenvalue weighted by atomic mass is 32.2. The Kier molecular flexibility index (Phi) is 7.04. The average molecular weight is 451 g/mol. The van der Waals surface area contributed by atoms with Crippen LogP contribution in [0.1, 0.15) is 78.6 Å². The molecule has 0 saturated carbocycles. The predicted octanol–water partition coefficient (Wildman–Crippen LogP) is 6.61. The van der Waals surface area contributed by atoms with E-state index in [0.29, 0.717) is 22.7 Å². The molecule has 1 aliphatic carbocycles. The van der Waals surface area contributed by atoms with E-state index >= 15 is 0 Å². The number of carbonyl (C=O) groups is 1. The molecule has 1 heterocycles. The molecule has 4 rings (SSSR count). The van der Waals surface area contributed by atoms with Crippen LogP contribution in [0.4, 0.5) is 0 Å². The quantitative estimate of drug-likeness (QED) is 0.388. The van der Waals surface area contributed by atoms with Gasteiger partial charge in [-0.15, -0.1) is 23.5 Å². The van der Waals surface area contributed by atoms with E-state index in [1.54, 1.807) is 12.1 Å². The van der Waals surface area contributed by atoms with Crippen LogP contribution in [0, 0.1) is 11.8 Å². The van der Waals surface area contributed by atoms with Gasteiger partial charge in [-0.25, -0.2) is 4.79 Å². The second kappa shape index (κ2) is 9.76. The van der Waals surface area contributed by atoms with Crippen molar-refractivity contribution in [3.8, 4) is 11.8 Å². The van der Waals surface area contributed by atoms with Gasteiger partial charge in [0.2, 0.25) is 0 Å². The van der Waals surface area contributed by atoms with Crippen LogP contribution < -0.4 is 0 Å². The van der Waals surface area contributed by atoms with Crippen LogP contribution in [0.15, 0.2) is 42.5 Å². The van der Waals surface area contributed by atoms with Crippen molar-refractivity contribution in [1.29, 1.82) is 0 Å². The van der Waals surface area contributed by atoms with Crippen LogP contribution in [-0.4, -0.2) is 28.7 Å².